The Balaban J connectivity index is 1.70. The molecular weight excluding hydrogens is 342 g/mol. The SMILES string of the molecule is CC[C@H](Oc1cccc(Cl)c1)C(=O)NCCSCc1ccccc1. The molecule has 0 bridgehead atoms. The first-order valence-corrected chi connectivity index (χ1v) is 9.54. The van der Waals surface area contributed by atoms with Crippen LogP contribution in [0.25, 0.3) is 0 Å². The lowest BCUT2D eigenvalue weighted by Crippen LogP contribution is -2.39. The summed E-state index contributed by atoms with van der Waals surface area (Å²) < 4.78 is 5.73. The largest absolute Gasteiger partial charge is 0.481 e. The summed E-state index contributed by atoms with van der Waals surface area (Å²) in [5.74, 6) is 2.35. The maximum absolute atomic E-state index is 12.2. The average Bonchev–Trinajstić information content (AvgIpc) is 2.60. The van der Waals surface area contributed by atoms with Crippen molar-refractivity contribution < 1.29 is 9.53 Å². The molecule has 24 heavy (non-hydrogen) atoms. The van der Waals surface area contributed by atoms with Crippen molar-refractivity contribution in [2.45, 2.75) is 25.2 Å². The van der Waals surface area contributed by atoms with Crippen LogP contribution in [-0.4, -0.2) is 24.3 Å². The maximum Gasteiger partial charge on any atom is 0.261 e. The Hall–Kier alpha value is -1.65. The molecule has 0 radical (unpaired) electrons. The Labute approximate surface area is 152 Å². The van der Waals surface area contributed by atoms with E-state index in [0.717, 1.165) is 11.5 Å². The van der Waals surface area contributed by atoms with Gasteiger partial charge in [-0.25, -0.2) is 0 Å². The molecule has 2 aromatic carbocycles. The topological polar surface area (TPSA) is 38.3 Å². The molecular formula is C19H22ClNO2S. The first kappa shape index (κ1) is 18.7. The highest BCUT2D eigenvalue weighted by Gasteiger charge is 2.17. The van der Waals surface area contributed by atoms with Crippen molar-refractivity contribution in [1.29, 1.82) is 0 Å². The Morgan fingerprint density at radius 2 is 2.00 bits per heavy atom. The fourth-order valence-corrected chi connectivity index (χ4v) is 3.15. The third kappa shape index (κ3) is 6.46. The molecule has 5 heteroatoms. The average molecular weight is 364 g/mol. The van der Waals surface area contributed by atoms with Crippen molar-refractivity contribution in [2.24, 2.45) is 0 Å². The van der Waals surface area contributed by atoms with Crippen LogP contribution < -0.4 is 10.1 Å². The van der Waals surface area contributed by atoms with Gasteiger partial charge in [0.1, 0.15) is 5.75 Å². The molecule has 1 N–H and O–H groups in total. The number of carbonyl (C=O) groups is 1. The Bertz CT molecular complexity index is 636. The molecule has 0 saturated heterocycles. The summed E-state index contributed by atoms with van der Waals surface area (Å²) in [6.07, 6.45) is 0.109. The van der Waals surface area contributed by atoms with E-state index in [4.69, 9.17) is 16.3 Å². The molecule has 1 atom stereocenters. The smallest absolute Gasteiger partial charge is 0.261 e. The zero-order chi connectivity index (χ0) is 17.2. The molecule has 0 aliphatic heterocycles. The van der Waals surface area contributed by atoms with Crippen LogP contribution in [0, 0.1) is 0 Å². The minimum Gasteiger partial charge on any atom is -0.481 e. The second kappa shape index (κ2) is 10.3. The lowest BCUT2D eigenvalue weighted by atomic mass is 10.2. The van der Waals surface area contributed by atoms with Crippen molar-refractivity contribution in [2.75, 3.05) is 12.3 Å². The summed E-state index contributed by atoms with van der Waals surface area (Å²) in [6.45, 7) is 2.56. The van der Waals surface area contributed by atoms with Crippen molar-refractivity contribution >= 4 is 29.3 Å². The minimum absolute atomic E-state index is 0.0854. The molecule has 0 fully saturated rings. The fraction of sp³-hybridized carbons (Fsp3) is 0.316. The highest BCUT2D eigenvalue weighted by molar-refractivity contribution is 7.98. The molecule has 128 valence electrons. The molecule has 1 amide bonds. The van der Waals surface area contributed by atoms with Gasteiger partial charge >= 0.3 is 0 Å². The number of benzene rings is 2. The van der Waals surface area contributed by atoms with E-state index in [1.165, 1.54) is 5.56 Å². The highest BCUT2D eigenvalue weighted by Crippen LogP contribution is 2.19. The number of ether oxygens (including phenoxy) is 1. The Morgan fingerprint density at radius 1 is 1.21 bits per heavy atom. The summed E-state index contributed by atoms with van der Waals surface area (Å²) in [4.78, 5) is 12.2. The second-order valence-electron chi connectivity index (χ2n) is 5.30. The summed E-state index contributed by atoms with van der Waals surface area (Å²) in [6, 6.07) is 17.4. The van der Waals surface area contributed by atoms with Crippen molar-refractivity contribution in [3.63, 3.8) is 0 Å². The number of nitrogens with one attached hydrogen (secondary N) is 1. The van der Waals surface area contributed by atoms with Crippen molar-refractivity contribution in [1.82, 2.24) is 5.32 Å². The Morgan fingerprint density at radius 3 is 2.71 bits per heavy atom. The predicted octanol–water partition coefficient (Wildman–Crippen LogP) is 4.55. The molecule has 3 nitrogen and oxygen atoms in total. The minimum atomic E-state index is -0.498. The normalized spacial score (nSPS) is 11.8. The summed E-state index contributed by atoms with van der Waals surface area (Å²) in [5.41, 5.74) is 1.30. The summed E-state index contributed by atoms with van der Waals surface area (Å²) in [7, 11) is 0. The molecule has 2 rings (SSSR count). The predicted molar refractivity (Wildman–Crippen MR) is 102 cm³/mol. The number of rotatable bonds is 9. The van der Waals surface area contributed by atoms with Crippen molar-refractivity contribution in [3.05, 3.63) is 65.2 Å². The number of hydrogen-bond acceptors (Lipinski definition) is 3. The van der Waals surface area contributed by atoms with Gasteiger partial charge in [-0.1, -0.05) is 54.9 Å². The number of thioether (sulfide) groups is 1. The van der Waals surface area contributed by atoms with Crippen LogP contribution in [0.15, 0.2) is 54.6 Å². The summed E-state index contributed by atoms with van der Waals surface area (Å²) >= 11 is 7.74. The highest BCUT2D eigenvalue weighted by atomic mass is 35.5. The third-order valence-electron chi connectivity index (χ3n) is 3.39. The van der Waals surface area contributed by atoms with Crippen LogP contribution in [0.2, 0.25) is 5.02 Å². The molecule has 0 aliphatic carbocycles. The van der Waals surface area contributed by atoms with E-state index in [1.54, 1.807) is 30.0 Å². The van der Waals surface area contributed by atoms with Crippen LogP contribution in [0.4, 0.5) is 0 Å². The lowest BCUT2D eigenvalue weighted by molar-refractivity contribution is -0.127. The summed E-state index contributed by atoms with van der Waals surface area (Å²) in [5, 5.41) is 3.53. The van der Waals surface area contributed by atoms with Gasteiger partial charge in [-0.3, -0.25) is 4.79 Å². The van der Waals surface area contributed by atoms with E-state index in [0.29, 0.717) is 23.7 Å². The van der Waals surface area contributed by atoms with Gasteiger partial charge in [0, 0.05) is 23.1 Å². The monoisotopic (exact) mass is 363 g/mol. The van der Waals surface area contributed by atoms with Crippen LogP contribution in [0.5, 0.6) is 5.75 Å². The molecule has 0 spiro atoms. The third-order valence-corrected chi connectivity index (χ3v) is 4.66. The second-order valence-corrected chi connectivity index (χ2v) is 6.84. The van der Waals surface area contributed by atoms with Gasteiger partial charge < -0.3 is 10.1 Å². The molecule has 0 aromatic heterocycles. The zero-order valence-corrected chi connectivity index (χ0v) is 15.3. The molecule has 0 heterocycles. The van der Waals surface area contributed by atoms with Crippen LogP contribution in [0.1, 0.15) is 18.9 Å². The van der Waals surface area contributed by atoms with E-state index in [9.17, 15) is 4.79 Å². The van der Waals surface area contributed by atoms with Gasteiger partial charge in [-0.05, 0) is 30.2 Å². The zero-order valence-electron chi connectivity index (χ0n) is 13.7. The van der Waals surface area contributed by atoms with Gasteiger partial charge in [0.2, 0.25) is 0 Å². The van der Waals surface area contributed by atoms with Crippen LogP contribution in [0.3, 0.4) is 0 Å². The quantitative estimate of drug-likeness (QED) is 0.664. The molecule has 0 aliphatic rings. The Kier molecular flexibility index (Phi) is 7.99. The first-order chi connectivity index (χ1) is 11.7. The number of hydrogen-bond donors (Lipinski definition) is 1. The number of carbonyl (C=O) groups excluding carboxylic acids is 1. The molecule has 0 saturated carbocycles. The van der Waals surface area contributed by atoms with E-state index >= 15 is 0 Å². The first-order valence-electron chi connectivity index (χ1n) is 8.00. The maximum atomic E-state index is 12.2. The van der Waals surface area contributed by atoms with Gasteiger partial charge in [-0.2, -0.15) is 11.8 Å². The van der Waals surface area contributed by atoms with Crippen LogP contribution in [-0.2, 0) is 10.5 Å². The number of halogens is 1. The van der Waals surface area contributed by atoms with Gasteiger partial charge in [0.05, 0.1) is 0 Å². The fourth-order valence-electron chi connectivity index (χ4n) is 2.15. The molecule has 2 aromatic rings. The van der Waals surface area contributed by atoms with Gasteiger partial charge in [-0.15, -0.1) is 0 Å². The lowest BCUT2D eigenvalue weighted by Gasteiger charge is -2.17. The van der Waals surface area contributed by atoms with Crippen LogP contribution >= 0.6 is 23.4 Å². The standard InChI is InChI=1S/C19H22ClNO2S/c1-2-18(23-17-10-6-9-16(20)13-17)19(22)21-11-12-24-14-15-7-4-3-5-8-15/h3-10,13,18H,2,11-12,14H2,1H3,(H,21,22)/t18-/m0/s1. The van der Waals surface area contributed by atoms with Gasteiger partial charge in [0.25, 0.3) is 5.91 Å². The van der Waals surface area contributed by atoms with Gasteiger partial charge in [0.15, 0.2) is 6.10 Å². The number of amides is 1. The van der Waals surface area contributed by atoms with E-state index in [-0.39, 0.29) is 5.91 Å². The van der Waals surface area contributed by atoms with Crippen molar-refractivity contribution in [3.8, 4) is 5.75 Å². The van der Waals surface area contributed by atoms with E-state index in [2.05, 4.69) is 17.4 Å². The van der Waals surface area contributed by atoms with E-state index < -0.39 is 6.10 Å². The molecule has 0 unspecified atom stereocenters. The van der Waals surface area contributed by atoms with E-state index in [1.807, 2.05) is 31.2 Å².